The van der Waals surface area contributed by atoms with Crippen molar-refractivity contribution < 1.29 is 4.79 Å². The third-order valence-electron chi connectivity index (χ3n) is 5.07. The van der Waals surface area contributed by atoms with Crippen LogP contribution in [0.4, 0.5) is 0 Å². The summed E-state index contributed by atoms with van der Waals surface area (Å²) < 4.78 is 1.94. The van der Waals surface area contributed by atoms with E-state index >= 15 is 0 Å². The quantitative estimate of drug-likeness (QED) is 0.693. The van der Waals surface area contributed by atoms with Crippen molar-refractivity contribution in [2.24, 2.45) is 13.0 Å². The highest BCUT2D eigenvalue weighted by molar-refractivity contribution is 7.11. The molecule has 1 amide bonds. The van der Waals surface area contributed by atoms with Gasteiger partial charge in [-0.25, -0.2) is 15.0 Å². The number of piperidine rings is 1. The molecular formula is C19H22N6OS. The predicted octanol–water partition coefficient (Wildman–Crippen LogP) is 2.74. The number of carbonyl (C=O) groups is 1. The first-order valence-corrected chi connectivity index (χ1v) is 9.97. The number of carbonyl (C=O) groups excluding carboxylic acids is 1. The number of hydrogen-bond acceptors (Lipinski definition) is 6. The zero-order valence-electron chi connectivity index (χ0n) is 15.5. The fourth-order valence-corrected chi connectivity index (χ4v) is 4.28. The third kappa shape index (κ3) is 3.75. The molecule has 140 valence electrons. The molecule has 1 aliphatic heterocycles. The number of hydrogen-bond donors (Lipinski definition) is 0. The summed E-state index contributed by atoms with van der Waals surface area (Å²) in [7, 11) is 1.95. The predicted molar refractivity (Wildman–Crippen MR) is 103 cm³/mol. The van der Waals surface area contributed by atoms with Gasteiger partial charge < -0.3 is 9.47 Å². The van der Waals surface area contributed by atoms with Crippen LogP contribution < -0.4 is 0 Å². The van der Waals surface area contributed by atoms with E-state index in [1.165, 1.54) is 11.3 Å². The van der Waals surface area contributed by atoms with E-state index in [1.807, 2.05) is 35.8 Å². The summed E-state index contributed by atoms with van der Waals surface area (Å²) in [6.07, 6.45) is 10.1. The summed E-state index contributed by atoms with van der Waals surface area (Å²) in [5.74, 6) is 1.46. The molecule has 3 aromatic heterocycles. The lowest BCUT2D eigenvalue weighted by Crippen LogP contribution is -2.38. The first-order valence-electron chi connectivity index (χ1n) is 9.10. The minimum Gasteiger partial charge on any atom is -0.338 e. The second-order valence-electron chi connectivity index (χ2n) is 6.96. The maximum atomic E-state index is 12.6. The molecule has 0 saturated carbocycles. The van der Waals surface area contributed by atoms with E-state index in [0.29, 0.717) is 5.92 Å². The van der Waals surface area contributed by atoms with Gasteiger partial charge in [0, 0.05) is 38.7 Å². The second kappa shape index (κ2) is 7.56. The number of amides is 1. The Morgan fingerprint density at radius 2 is 2.07 bits per heavy atom. The van der Waals surface area contributed by atoms with Gasteiger partial charge in [0.05, 0.1) is 23.1 Å². The Balaban J connectivity index is 1.38. The van der Waals surface area contributed by atoms with Crippen LogP contribution in [0.15, 0.2) is 30.3 Å². The van der Waals surface area contributed by atoms with Crippen LogP contribution >= 0.6 is 11.3 Å². The van der Waals surface area contributed by atoms with Crippen molar-refractivity contribution in [1.82, 2.24) is 29.4 Å². The van der Waals surface area contributed by atoms with Gasteiger partial charge in [-0.05, 0) is 32.1 Å². The van der Waals surface area contributed by atoms with Crippen LogP contribution in [0.2, 0.25) is 0 Å². The third-order valence-corrected chi connectivity index (χ3v) is 5.99. The second-order valence-corrected chi connectivity index (χ2v) is 7.82. The topological polar surface area (TPSA) is 76.8 Å². The van der Waals surface area contributed by atoms with Crippen LogP contribution in [0.25, 0.3) is 11.5 Å². The van der Waals surface area contributed by atoms with E-state index in [4.69, 9.17) is 4.98 Å². The highest BCUT2D eigenvalue weighted by atomic mass is 32.1. The van der Waals surface area contributed by atoms with Crippen molar-refractivity contribution in [3.63, 3.8) is 0 Å². The lowest BCUT2D eigenvalue weighted by atomic mass is 9.92. The number of imidazole rings is 1. The Morgan fingerprint density at radius 3 is 2.74 bits per heavy atom. The molecule has 1 fully saturated rings. The van der Waals surface area contributed by atoms with Crippen molar-refractivity contribution in [1.29, 1.82) is 0 Å². The summed E-state index contributed by atoms with van der Waals surface area (Å²) in [6.45, 7) is 3.46. The molecule has 3 aromatic rings. The average Bonchev–Trinajstić information content (AvgIpc) is 3.30. The SMILES string of the molecule is Cc1ncsc1C(=O)N1CCC(Cc2cncc(-c3nccn3C)n2)CC1. The van der Waals surface area contributed by atoms with Gasteiger partial charge >= 0.3 is 0 Å². The monoisotopic (exact) mass is 382 g/mol. The first-order chi connectivity index (χ1) is 13.1. The molecule has 1 saturated heterocycles. The Morgan fingerprint density at radius 1 is 1.26 bits per heavy atom. The summed E-state index contributed by atoms with van der Waals surface area (Å²) in [5, 5.41) is 0. The Hall–Kier alpha value is -2.61. The number of thiazole rings is 1. The van der Waals surface area contributed by atoms with Gasteiger partial charge in [0.15, 0.2) is 5.82 Å². The summed E-state index contributed by atoms with van der Waals surface area (Å²) >= 11 is 1.43. The van der Waals surface area contributed by atoms with Crippen molar-refractivity contribution in [3.8, 4) is 11.5 Å². The van der Waals surface area contributed by atoms with Crippen molar-refractivity contribution in [2.45, 2.75) is 26.2 Å². The van der Waals surface area contributed by atoms with Crippen molar-refractivity contribution in [3.05, 3.63) is 46.6 Å². The molecule has 0 unspecified atom stereocenters. The Bertz CT molecular complexity index is 941. The molecule has 0 spiro atoms. The largest absolute Gasteiger partial charge is 0.338 e. The smallest absolute Gasteiger partial charge is 0.265 e. The molecule has 4 heterocycles. The number of aromatic nitrogens is 5. The minimum absolute atomic E-state index is 0.116. The van der Waals surface area contributed by atoms with E-state index in [0.717, 1.165) is 60.1 Å². The molecule has 1 aliphatic rings. The zero-order valence-corrected chi connectivity index (χ0v) is 16.3. The van der Waals surface area contributed by atoms with E-state index in [-0.39, 0.29) is 5.91 Å². The maximum Gasteiger partial charge on any atom is 0.265 e. The lowest BCUT2D eigenvalue weighted by molar-refractivity contribution is 0.0694. The Labute approximate surface area is 162 Å². The molecule has 0 N–H and O–H groups in total. The summed E-state index contributed by atoms with van der Waals surface area (Å²) in [4.78, 5) is 33.0. The molecule has 0 radical (unpaired) electrons. The van der Waals surface area contributed by atoms with Crippen LogP contribution in [0.3, 0.4) is 0 Å². The summed E-state index contributed by atoms with van der Waals surface area (Å²) in [5.41, 5.74) is 4.35. The van der Waals surface area contributed by atoms with Crippen LogP contribution in [-0.2, 0) is 13.5 Å². The van der Waals surface area contributed by atoms with Gasteiger partial charge in [0.1, 0.15) is 10.6 Å². The fourth-order valence-electron chi connectivity index (χ4n) is 3.51. The van der Waals surface area contributed by atoms with Gasteiger partial charge in [0.2, 0.25) is 0 Å². The number of rotatable bonds is 4. The van der Waals surface area contributed by atoms with Crippen LogP contribution in [0, 0.1) is 12.8 Å². The number of likely N-dealkylation sites (tertiary alicyclic amines) is 1. The molecule has 0 aliphatic carbocycles. The van der Waals surface area contributed by atoms with Gasteiger partial charge in [-0.15, -0.1) is 11.3 Å². The van der Waals surface area contributed by atoms with Crippen molar-refractivity contribution in [2.75, 3.05) is 13.1 Å². The summed E-state index contributed by atoms with van der Waals surface area (Å²) in [6, 6.07) is 0. The van der Waals surface area contributed by atoms with Gasteiger partial charge in [-0.2, -0.15) is 0 Å². The minimum atomic E-state index is 0.116. The first kappa shape index (κ1) is 17.8. The molecule has 0 atom stereocenters. The number of nitrogens with zero attached hydrogens (tertiary/aromatic N) is 6. The molecular weight excluding hydrogens is 360 g/mol. The van der Waals surface area contributed by atoms with Crippen LogP contribution in [0.1, 0.15) is 33.9 Å². The molecule has 8 heteroatoms. The number of aryl methyl sites for hydroxylation is 2. The zero-order chi connectivity index (χ0) is 18.8. The van der Waals surface area contributed by atoms with Gasteiger partial charge in [0.25, 0.3) is 5.91 Å². The van der Waals surface area contributed by atoms with Crippen molar-refractivity contribution >= 4 is 17.2 Å². The highest BCUT2D eigenvalue weighted by Gasteiger charge is 2.26. The molecule has 0 aromatic carbocycles. The normalized spacial score (nSPS) is 15.3. The van der Waals surface area contributed by atoms with E-state index in [2.05, 4.69) is 15.0 Å². The van der Waals surface area contributed by atoms with Gasteiger partial charge in [-0.1, -0.05) is 0 Å². The van der Waals surface area contributed by atoms with E-state index < -0.39 is 0 Å². The van der Waals surface area contributed by atoms with Gasteiger partial charge in [-0.3, -0.25) is 9.78 Å². The fraction of sp³-hybridized carbons (Fsp3) is 0.421. The maximum absolute atomic E-state index is 12.6. The van der Waals surface area contributed by atoms with Crippen LogP contribution in [-0.4, -0.2) is 48.4 Å². The Kier molecular flexibility index (Phi) is 4.98. The lowest BCUT2D eigenvalue weighted by Gasteiger charge is -2.31. The molecule has 0 bridgehead atoms. The highest BCUT2D eigenvalue weighted by Crippen LogP contribution is 2.24. The van der Waals surface area contributed by atoms with E-state index in [9.17, 15) is 4.79 Å². The van der Waals surface area contributed by atoms with E-state index in [1.54, 1.807) is 17.9 Å². The van der Waals surface area contributed by atoms with Crippen LogP contribution in [0.5, 0.6) is 0 Å². The average molecular weight is 382 g/mol. The molecule has 27 heavy (non-hydrogen) atoms. The molecule has 7 nitrogen and oxygen atoms in total. The molecule has 4 rings (SSSR count). The standard InChI is InChI=1S/C19H22N6OS/c1-13-17(27-12-22-13)19(26)25-6-3-14(4-7-25)9-15-10-20-11-16(23-15)18-21-5-8-24(18)2/h5,8,10-12,14H,3-4,6-7,9H2,1-2H3.